The number of nitrogens with zero attached hydrogens (tertiary/aromatic N) is 1. The van der Waals surface area contributed by atoms with E-state index in [0.29, 0.717) is 5.25 Å². The molecule has 1 heterocycles. The highest BCUT2D eigenvalue weighted by atomic mass is 32.2. The van der Waals surface area contributed by atoms with Crippen molar-refractivity contribution in [2.75, 3.05) is 0 Å². The molecule has 13 heavy (non-hydrogen) atoms. The molecule has 0 fully saturated rings. The van der Waals surface area contributed by atoms with Crippen LogP contribution >= 0.6 is 11.8 Å². The monoisotopic (exact) mass is 195 g/mol. The topological polar surface area (TPSA) is 12.9 Å². The van der Waals surface area contributed by atoms with Crippen molar-refractivity contribution >= 4 is 11.8 Å². The fourth-order valence-electron chi connectivity index (χ4n) is 1.37. The number of aromatic nitrogens is 1. The van der Waals surface area contributed by atoms with Crippen LogP contribution in [0.3, 0.4) is 0 Å². The molecular formula is C11H17NS. The molecule has 1 aromatic rings. The number of rotatable bonds is 3. The van der Waals surface area contributed by atoms with Gasteiger partial charge in [-0.3, -0.25) is 4.98 Å². The smallest absolute Gasteiger partial charge is 0.0415 e. The zero-order chi connectivity index (χ0) is 9.84. The van der Waals surface area contributed by atoms with Gasteiger partial charge in [0.1, 0.15) is 0 Å². The molecule has 0 aliphatic heterocycles. The molecule has 0 saturated carbocycles. The summed E-state index contributed by atoms with van der Waals surface area (Å²) < 4.78 is 0. The van der Waals surface area contributed by atoms with Crippen LogP contribution in [0, 0.1) is 6.92 Å². The summed E-state index contributed by atoms with van der Waals surface area (Å²) in [6.45, 7) is 8.72. The fourth-order valence-corrected chi connectivity index (χ4v) is 2.45. The van der Waals surface area contributed by atoms with Crippen molar-refractivity contribution in [3.8, 4) is 0 Å². The Balaban J connectivity index is 2.98. The molecule has 0 N–H and O–H groups in total. The maximum Gasteiger partial charge on any atom is 0.0415 e. The molecule has 0 aromatic carbocycles. The molecule has 0 aliphatic carbocycles. The highest BCUT2D eigenvalue weighted by Gasteiger charge is 2.06. The molecule has 1 aromatic heterocycles. The van der Waals surface area contributed by atoms with Crippen molar-refractivity contribution in [2.45, 2.75) is 44.3 Å². The van der Waals surface area contributed by atoms with Crippen molar-refractivity contribution < 1.29 is 0 Å². The van der Waals surface area contributed by atoms with Gasteiger partial charge in [0.25, 0.3) is 0 Å². The first-order valence-electron chi connectivity index (χ1n) is 4.76. The van der Waals surface area contributed by atoms with Crippen LogP contribution in [0.4, 0.5) is 0 Å². The molecule has 0 spiro atoms. The summed E-state index contributed by atoms with van der Waals surface area (Å²) in [6, 6.07) is 2.12. The van der Waals surface area contributed by atoms with E-state index in [0.717, 1.165) is 6.42 Å². The third-order valence-electron chi connectivity index (χ3n) is 1.94. The zero-order valence-corrected chi connectivity index (χ0v) is 9.61. The quantitative estimate of drug-likeness (QED) is 0.685. The van der Waals surface area contributed by atoms with E-state index >= 15 is 0 Å². The molecule has 0 unspecified atom stereocenters. The normalized spacial score (nSPS) is 10.8. The maximum atomic E-state index is 4.30. The van der Waals surface area contributed by atoms with E-state index in [1.54, 1.807) is 0 Å². The third-order valence-corrected chi connectivity index (χ3v) is 3.05. The van der Waals surface area contributed by atoms with E-state index < -0.39 is 0 Å². The highest BCUT2D eigenvalue weighted by Crippen LogP contribution is 2.27. The van der Waals surface area contributed by atoms with Crippen molar-refractivity contribution in [1.29, 1.82) is 0 Å². The van der Waals surface area contributed by atoms with Gasteiger partial charge in [0.05, 0.1) is 0 Å². The predicted octanol–water partition coefficient (Wildman–Crippen LogP) is 3.45. The lowest BCUT2D eigenvalue weighted by Gasteiger charge is -2.11. The zero-order valence-electron chi connectivity index (χ0n) is 8.79. The summed E-state index contributed by atoms with van der Waals surface area (Å²) in [5, 5.41) is 0.645. The lowest BCUT2D eigenvalue weighted by atomic mass is 10.1. The lowest BCUT2D eigenvalue weighted by molar-refractivity contribution is 0.990. The molecule has 0 aliphatic rings. The Labute approximate surface area is 85.0 Å². The average Bonchev–Trinajstić information content (AvgIpc) is 2.03. The first-order valence-corrected chi connectivity index (χ1v) is 5.64. The van der Waals surface area contributed by atoms with Gasteiger partial charge >= 0.3 is 0 Å². The van der Waals surface area contributed by atoms with E-state index in [4.69, 9.17) is 0 Å². The molecular weight excluding hydrogens is 178 g/mol. The minimum atomic E-state index is 0.645. The van der Waals surface area contributed by atoms with Crippen molar-refractivity contribution in [2.24, 2.45) is 0 Å². The molecule has 2 heteroatoms. The van der Waals surface area contributed by atoms with Gasteiger partial charge in [0, 0.05) is 22.0 Å². The SMILES string of the molecule is CCc1c(SC(C)C)ccnc1C. The summed E-state index contributed by atoms with van der Waals surface area (Å²) in [4.78, 5) is 5.70. The van der Waals surface area contributed by atoms with Gasteiger partial charge < -0.3 is 0 Å². The number of hydrogen-bond donors (Lipinski definition) is 0. The Kier molecular flexibility index (Phi) is 3.79. The Morgan fingerprint density at radius 3 is 2.69 bits per heavy atom. The van der Waals surface area contributed by atoms with Crippen LogP contribution in [0.1, 0.15) is 32.0 Å². The van der Waals surface area contributed by atoms with Crippen LogP contribution in [-0.4, -0.2) is 10.2 Å². The predicted molar refractivity (Wildman–Crippen MR) is 59.3 cm³/mol. The Morgan fingerprint density at radius 1 is 1.46 bits per heavy atom. The van der Waals surface area contributed by atoms with Gasteiger partial charge in [-0.1, -0.05) is 20.8 Å². The van der Waals surface area contributed by atoms with Crippen LogP contribution in [0.25, 0.3) is 0 Å². The van der Waals surface area contributed by atoms with Crippen LogP contribution in [0.5, 0.6) is 0 Å². The van der Waals surface area contributed by atoms with E-state index in [1.807, 2.05) is 18.0 Å². The van der Waals surface area contributed by atoms with E-state index in [9.17, 15) is 0 Å². The Bertz CT molecular complexity index is 281. The summed E-state index contributed by atoms with van der Waals surface area (Å²) in [5.74, 6) is 0. The lowest BCUT2D eigenvalue weighted by Crippen LogP contribution is -1.96. The minimum absolute atomic E-state index is 0.645. The molecule has 0 atom stereocenters. The van der Waals surface area contributed by atoms with E-state index in [1.165, 1.54) is 16.2 Å². The Morgan fingerprint density at radius 2 is 2.15 bits per heavy atom. The largest absolute Gasteiger partial charge is 0.261 e. The average molecular weight is 195 g/mol. The molecule has 0 saturated heterocycles. The van der Waals surface area contributed by atoms with Crippen LogP contribution in [0.2, 0.25) is 0 Å². The van der Waals surface area contributed by atoms with Crippen molar-refractivity contribution in [3.63, 3.8) is 0 Å². The van der Waals surface area contributed by atoms with Gasteiger partial charge in [0.2, 0.25) is 0 Å². The number of pyridine rings is 1. The number of hydrogen-bond acceptors (Lipinski definition) is 2. The number of aryl methyl sites for hydroxylation is 1. The van der Waals surface area contributed by atoms with Gasteiger partial charge in [0.15, 0.2) is 0 Å². The van der Waals surface area contributed by atoms with Crippen LogP contribution < -0.4 is 0 Å². The van der Waals surface area contributed by atoms with E-state index in [2.05, 4.69) is 38.7 Å². The second kappa shape index (κ2) is 4.66. The van der Waals surface area contributed by atoms with Gasteiger partial charge in [-0.15, -0.1) is 11.8 Å². The van der Waals surface area contributed by atoms with Crippen molar-refractivity contribution in [3.05, 3.63) is 23.5 Å². The summed E-state index contributed by atoms with van der Waals surface area (Å²) in [7, 11) is 0. The molecule has 1 nitrogen and oxygen atoms in total. The maximum absolute atomic E-state index is 4.30. The second-order valence-corrected chi connectivity index (χ2v) is 5.01. The first kappa shape index (κ1) is 10.6. The first-order chi connectivity index (χ1) is 6.15. The number of thioether (sulfide) groups is 1. The van der Waals surface area contributed by atoms with Crippen LogP contribution in [-0.2, 0) is 6.42 Å². The van der Waals surface area contributed by atoms with Gasteiger partial charge in [-0.25, -0.2) is 0 Å². The summed E-state index contributed by atoms with van der Waals surface area (Å²) >= 11 is 1.92. The second-order valence-electron chi connectivity index (χ2n) is 3.39. The van der Waals surface area contributed by atoms with E-state index in [-0.39, 0.29) is 0 Å². The standard InChI is InChI=1S/C11H17NS/c1-5-10-9(4)12-7-6-11(10)13-8(2)3/h6-8H,5H2,1-4H3. The molecule has 72 valence electrons. The summed E-state index contributed by atoms with van der Waals surface area (Å²) in [6.07, 6.45) is 2.98. The molecule has 0 amide bonds. The van der Waals surface area contributed by atoms with Crippen molar-refractivity contribution in [1.82, 2.24) is 4.98 Å². The molecule has 0 radical (unpaired) electrons. The highest BCUT2D eigenvalue weighted by molar-refractivity contribution is 8.00. The van der Waals surface area contributed by atoms with Gasteiger partial charge in [-0.05, 0) is 25.0 Å². The van der Waals surface area contributed by atoms with Crippen LogP contribution in [0.15, 0.2) is 17.2 Å². The molecule has 1 rings (SSSR count). The summed E-state index contributed by atoms with van der Waals surface area (Å²) in [5.41, 5.74) is 2.58. The van der Waals surface area contributed by atoms with Gasteiger partial charge in [-0.2, -0.15) is 0 Å². The molecule has 0 bridgehead atoms. The third kappa shape index (κ3) is 2.73. The Hall–Kier alpha value is -0.500. The fraction of sp³-hybridized carbons (Fsp3) is 0.545. The minimum Gasteiger partial charge on any atom is -0.261 e.